The summed E-state index contributed by atoms with van der Waals surface area (Å²) in [7, 11) is -0.682. The molecule has 0 spiro atoms. The van der Waals surface area contributed by atoms with Crippen LogP contribution >= 0.6 is 0 Å². The molecule has 11 nitrogen and oxygen atoms in total. The van der Waals surface area contributed by atoms with Crippen LogP contribution in [-0.2, 0) is 34.8 Å². The third-order valence-corrected chi connectivity index (χ3v) is 8.94. The number of benzene rings is 1. The topological polar surface area (TPSA) is 127 Å². The van der Waals surface area contributed by atoms with E-state index in [-0.39, 0.29) is 18.4 Å². The van der Waals surface area contributed by atoms with Gasteiger partial charge in [-0.05, 0) is 65.4 Å². The van der Waals surface area contributed by atoms with Crippen LogP contribution in [0, 0.1) is 5.92 Å². The van der Waals surface area contributed by atoms with E-state index in [9.17, 15) is 14.4 Å². The van der Waals surface area contributed by atoms with Crippen molar-refractivity contribution in [3.8, 4) is 0 Å². The van der Waals surface area contributed by atoms with Gasteiger partial charge in [0.05, 0.1) is 42.9 Å². The van der Waals surface area contributed by atoms with Crippen molar-refractivity contribution in [1.82, 2.24) is 20.9 Å². The van der Waals surface area contributed by atoms with Gasteiger partial charge >= 0.3 is 13.1 Å². The Morgan fingerprint density at radius 3 is 2.37 bits per heavy atom. The molecular formula is C31H49BN4O7. The van der Waals surface area contributed by atoms with E-state index >= 15 is 0 Å². The number of nitrogens with one attached hydrogen (secondary N) is 3. The number of carbonyl (C=O) groups is 3. The van der Waals surface area contributed by atoms with Crippen molar-refractivity contribution in [2.75, 3.05) is 46.1 Å². The highest BCUT2D eigenvalue weighted by molar-refractivity contribution is 6.48. The zero-order valence-electron chi connectivity index (χ0n) is 26.4. The molecular weight excluding hydrogens is 551 g/mol. The maximum atomic E-state index is 14.1. The van der Waals surface area contributed by atoms with Crippen molar-refractivity contribution in [3.63, 3.8) is 0 Å². The standard InChI is InChI=1S/C31H49BN4O7/c1-6-18-40-19-15-33-26(37)24-22-31(24,35-28(39)36-16-20-41-21-17-36)27(38)34-25(14-10-13-23-11-8-7-9-12-23)32-42-29(2,3)30(4,5)43-32/h7-9,11-12,24-25H,6,10,13-22H2,1-5H3,(H,33,37)(H,34,38)(H,35,39)/t24?,25-,31?/m0/s1. The Kier molecular flexibility index (Phi) is 11.1. The van der Waals surface area contributed by atoms with E-state index in [1.165, 1.54) is 5.56 Å². The van der Waals surface area contributed by atoms with Crippen LogP contribution < -0.4 is 16.0 Å². The number of nitrogens with zero attached hydrogens (tertiary/aromatic N) is 1. The fourth-order valence-corrected chi connectivity index (χ4v) is 5.47. The minimum atomic E-state index is -1.37. The van der Waals surface area contributed by atoms with E-state index in [0.29, 0.717) is 52.5 Å². The first-order valence-corrected chi connectivity index (χ1v) is 15.7. The number of carbonyl (C=O) groups excluding carboxylic acids is 3. The van der Waals surface area contributed by atoms with Crippen LogP contribution in [0.4, 0.5) is 4.79 Å². The molecule has 1 aliphatic carbocycles. The third-order valence-electron chi connectivity index (χ3n) is 8.94. The summed E-state index contributed by atoms with van der Waals surface area (Å²) in [5.41, 5.74) is -1.32. The quantitative estimate of drug-likeness (QED) is 0.221. The number of urea groups is 1. The maximum absolute atomic E-state index is 14.1. The fraction of sp³-hybridized carbons (Fsp3) is 0.710. The molecule has 43 heavy (non-hydrogen) atoms. The van der Waals surface area contributed by atoms with Crippen molar-refractivity contribution < 1.29 is 33.2 Å². The van der Waals surface area contributed by atoms with Gasteiger partial charge in [-0.2, -0.15) is 0 Å². The Bertz CT molecular complexity index is 1080. The molecule has 2 saturated heterocycles. The zero-order valence-corrected chi connectivity index (χ0v) is 26.4. The Morgan fingerprint density at radius 2 is 1.72 bits per heavy atom. The normalized spacial score (nSPS) is 24.7. The first-order chi connectivity index (χ1) is 20.5. The van der Waals surface area contributed by atoms with E-state index < -0.39 is 41.6 Å². The number of aryl methyl sites for hydroxylation is 1. The Balaban J connectivity index is 1.48. The summed E-state index contributed by atoms with van der Waals surface area (Å²) in [6, 6.07) is 9.80. The fourth-order valence-electron chi connectivity index (χ4n) is 5.47. The molecule has 3 aliphatic rings. The van der Waals surface area contributed by atoms with Crippen molar-refractivity contribution >= 4 is 25.0 Å². The lowest BCUT2D eigenvalue weighted by molar-refractivity contribution is -0.129. The van der Waals surface area contributed by atoms with E-state index in [2.05, 4.69) is 28.1 Å². The number of ether oxygens (including phenoxy) is 2. The number of amides is 4. The number of hydrogen-bond acceptors (Lipinski definition) is 7. The van der Waals surface area contributed by atoms with E-state index in [4.69, 9.17) is 18.8 Å². The average Bonchev–Trinajstić information content (AvgIpc) is 3.66. The zero-order chi connectivity index (χ0) is 31.1. The molecule has 1 saturated carbocycles. The van der Waals surface area contributed by atoms with Crippen molar-refractivity contribution in [3.05, 3.63) is 35.9 Å². The molecule has 3 N–H and O–H groups in total. The smallest absolute Gasteiger partial charge is 0.402 e. The SMILES string of the molecule is CCCOCCNC(=O)C1CC1(NC(=O)N1CCOCC1)C(=O)N[C@@H](CCCc1ccccc1)B1OC(C)(C)C(C)(C)O1. The summed E-state index contributed by atoms with van der Waals surface area (Å²) < 4.78 is 23.6. The average molecular weight is 601 g/mol. The Hall–Kier alpha value is -2.67. The molecule has 3 atom stereocenters. The number of rotatable bonds is 14. The van der Waals surface area contributed by atoms with Crippen molar-refractivity contribution in [2.24, 2.45) is 5.92 Å². The molecule has 2 aliphatic heterocycles. The van der Waals surface area contributed by atoms with Crippen LogP contribution in [0.3, 0.4) is 0 Å². The lowest BCUT2D eigenvalue weighted by Crippen LogP contribution is -2.60. The molecule has 1 aromatic carbocycles. The van der Waals surface area contributed by atoms with Gasteiger partial charge in [0, 0.05) is 26.2 Å². The lowest BCUT2D eigenvalue weighted by atomic mass is 9.75. The summed E-state index contributed by atoms with van der Waals surface area (Å²) >= 11 is 0. The van der Waals surface area contributed by atoms with Gasteiger partial charge < -0.3 is 39.6 Å². The molecule has 0 bridgehead atoms. The largest absolute Gasteiger partial charge is 0.481 e. The van der Waals surface area contributed by atoms with E-state index in [0.717, 1.165) is 19.3 Å². The van der Waals surface area contributed by atoms with Gasteiger partial charge in [0.2, 0.25) is 11.8 Å². The molecule has 238 valence electrons. The first-order valence-electron chi connectivity index (χ1n) is 15.7. The van der Waals surface area contributed by atoms with Crippen LogP contribution in [0.15, 0.2) is 30.3 Å². The maximum Gasteiger partial charge on any atom is 0.481 e. The molecule has 0 aromatic heterocycles. The minimum Gasteiger partial charge on any atom is -0.402 e. The molecule has 0 radical (unpaired) electrons. The van der Waals surface area contributed by atoms with Crippen LogP contribution in [0.1, 0.15) is 65.9 Å². The predicted octanol–water partition coefficient (Wildman–Crippen LogP) is 2.47. The van der Waals surface area contributed by atoms with Gasteiger partial charge in [0.25, 0.3) is 0 Å². The molecule has 1 aromatic rings. The van der Waals surface area contributed by atoms with Gasteiger partial charge in [-0.25, -0.2) is 4.79 Å². The van der Waals surface area contributed by atoms with Crippen LogP contribution in [0.25, 0.3) is 0 Å². The summed E-state index contributed by atoms with van der Waals surface area (Å²) in [5.74, 6) is -1.88. The third kappa shape index (κ3) is 8.29. The van der Waals surface area contributed by atoms with Crippen LogP contribution in [0.2, 0.25) is 0 Å². The van der Waals surface area contributed by atoms with Gasteiger partial charge in [0.15, 0.2) is 0 Å². The van der Waals surface area contributed by atoms with Gasteiger partial charge in [-0.3, -0.25) is 9.59 Å². The molecule has 2 heterocycles. The predicted molar refractivity (Wildman–Crippen MR) is 163 cm³/mol. The highest BCUT2D eigenvalue weighted by atomic mass is 16.7. The monoisotopic (exact) mass is 600 g/mol. The number of hydrogen-bond donors (Lipinski definition) is 3. The molecule has 4 amide bonds. The van der Waals surface area contributed by atoms with Gasteiger partial charge in [0.1, 0.15) is 5.54 Å². The minimum absolute atomic E-state index is 0.205. The molecule has 4 rings (SSSR count). The summed E-state index contributed by atoms with van der Waals surface area (Å²) in [5, 5.41) is 8.95. The van der Waals surface area contributed by atoms with E-state index in [1.807, 2.05) is 52.8 Å². The molecule has 3 fully saturated rings. The van der Waals surface area contributed by atoms with Crippen LogP contribution in [-0.4, -0.2) is 98.6 Å². The highest BCUT2D eigenvalue weighted by Crippen LogP contribution is 2.45. The Labute approximate surface area is 256 Å². The first kappa shape index (κ1) is 33.2. The Morgan fingerprint density at radius 1 is 1.05 bits per heavy atom. The summed E-state index contributed by atoms with van der Waals surface area (Å²) in [4.78, 5) is 42.2. The highest BCUT2D eigenvalue weighted by Gasteiger charge is 2.66. The van der Waals surface area contributed by atoms with Crippen molar-refractivity contribution in [2.45, 2.75) is 89.4 Å². The van der Waals surface area contributed by atoms with E-state index in [1.54, 1.807) is 4.90 Å². The lowest BCUT2D eigenvalue weighted by Gasteiger charge is -2.32. The second-order valence-corrected chi connectivity index (χ2v) is 12.7. The van der Waals surface area contributed by atoms with Gasteiger partial charge in [-0.1, -0.05) is 37.3 Å². The van der Waals surface area contributed by atoms with Crippen LogP contribution in [0.5, 0.6) is 0 Å². The molecule has 2 unspecified atom stereocenters. The second-order valence-electron chi connectivity index (χ2n) is 12.7. The summed E-state index contributed by atoms with van der Waals surface area (Å²) in [6.45, 7) is 13.0. The second kappa shape index (κ2) is 14.4. The van der Waals surface area contributed by atoms with Gasteiger partial charge in [-0.15, -0.1) is 0 Å². The van der Waals surface area contributed by atoms with Crippen molar-refractivity contribution in [1.29, 1.82) is 0 Å². The number of morpholine rings is 1. The molecule has 12 heteroatoms. The summed E-state index contributed by atoms with van der Waals surface area (Å²) in [6.07, 6.45) is 3.31.